The van der Waals surface area contributed by atoms with Crippen LogP contribution in [0.2, 0.25) is 0 Å². The van der Waals surface area contributed by atoms with E-state index < -0.39 is 0 Å². The topological polar surface area (TPSA) is 25.8 Å². The molecule has 2 heterocycles. The number of fused-ring (bicyclic) bond motifs is 5. The Morgan fingerprint density at radius 2 is 0.895 bits per heavy atom. The molecule has 266 valence electrons. The molecule has 0 amide bonds. The number of rotatable bonds is 6. The van der Waals surface area contributed by atoms with E-state index in [1.807, 2.05) is 11.3 Å². The number of hydrogen-bond acceptors (Lipinski definition) is 3. The van der Waals surface area contributed by atoms with Crippen LogP contribution in [0.1, 0.15) is 0 Å². The summed E-state index contributed by atoms with van der Waals surface area (Å²) in [4.78, 5) is 11.8. The summed E-state index contributed by atoms with van der Waals surface area (Å²) < 4.78 is 1.29. The zero-order chi connectivity index (χ0) is 37.7. The summed E-state index contributed by atoms with van der Waals surface area (Å²) in [7, 11) is 0. The monoisotopic (exact) mass is 742 g/mol. The average molecular weight is 743 g/mol. The first-order valence-electron chi connectivity index (χ1n) is 19.3. The molecule has 0 spiro atoms. The maximum atomic E-state index is 5.27. The molecule has 2 aromatic heterocycles. The van der Waals surface area contributed by atoms with Crippen LogP contribution in [-0.2, 0) is 0 Å². The molecule has 0 radical (unpaired) electrons. The summed E-state index contributed by atoms with van der Waals surface area (Å²) in [6.45, 7) is 0. The standard InChI is InChI=1S/C54H34N2S/c1-2-11-35(12-3-1)36-21-23-38(24-22-36)49-34-50(42-16-10-17-43(31-42)52-33-44-15-6-9-20-51(44)57-52)56-54(55-49)40-27-25-39(26-28-40)53-46-19-8-5-14-41(46)32-48-45-18-7-4-13-37(45)29-30-47(48)53/h1-34H. The van der Waals surface area contributed by atoms with Crippen LogP contribution >= 0.6 is 11.3 Å². The average Bonchev–Trinajstić information content (AvgIpc) is 3.73. The van der Waals surface area contributed by atoms with Crippen LogP contribution in [0.5, 0.6) is 0 Å². The molecule has 0 aliphatic rings. The van der Waals surface area contributed by atoms with Gasteiger partial charge in [0.2, 0.25) is 0 Å². The Kier molecular flexibility index (Phi) is 8.04. The summed E-state index contributed by atoms with van der Waals surface area (Å²) in [6.07, 6.45) is 0. The number of nitrogens with zero attached hydrogens (tertiary/aromatic N) is 2. The fourth-order valence-corrected chi connectivity index (χ4v) is 9.27. The lowest BCUT2D eigenvalue weighted by atomic mass is 9.89. The van der Waals surface area contributed by atoms with Gasteiger partial charge in [0.05, 0.1) is 11.4 Å². The highest BCUT2D eigenvalue weighted by Gasteiger charge is 2.16. The largest absolute Gasteiger partial charge is 0.228 e. The fraction of sp³-hybridized carbons (Fsp3) is 0. The van der Waals surface area contributed by atoms with Gasteiger partial charge in [-0.2, -0.15) is 0 Å². The third-order valence-corrected chi connectivity index (χ3v) is 12.2. The Morgan fingerprint density at radius 1 is 0.298 bits per heavy atom. The van der Waals surface area contributed by atoms with E-state index in [1.165, 1.54) is 75.1 Å². The molecule has 0 saturated heterocycles. The summed E-state index contributed by atoms with van der Waals surface area (Å²) in [5.41, 5.74) is 10.8. The maximum Gasteiger partial charge on any atom is 0.160 e. The minimum Gasteiger partial charge on any atom is -0.228 e. The van der Waals surface area contributed by atoms with E-state index in [9.17, 15) is 0 Å². The first kappa shape index (κ1) is 33.2. The van der Waals surface area contributed by atoms with Crippen LogP contribution in [0.15, 0.2) is 206 Å². The first-order chi connectivity index (χ1) is 28.2. The molecular formula is C54H34N2S. The van der Waals surface area contributed by atoms with Crippen LogP contribution in [0.3, 0.4) is 0 Å². The fourth-order valence-electron chi connectivity index (χ4n) is 8.21. The molecule has 0 saturated carbocycles. The van der Waals surface area contributed by atoms with E-state index in [1.54, 1.807) is 0 Å². The van der Waals surface area contributed by atoms with Gasteiger partial charge in [-0.05, 0) is 95.9 Å². The smallest absolute Gasteiger partial charge is 0.160 e. The molecule has 0 fully saturated rings. The van der Waals surface area contributed by atoms with Crippen molar-refractivity contribution in [2.24, 2.45) is 0 Å². The zero-order valence-electron chi connectivity index (χ0n) is 30.9. The van der Waals surface area contributed by atoms with E-state index in [4.69, 9.17) is 9.97 Å². The molecule has 0 N–H and O–H groups in total. The number of hydrogen-bond donors (Lipinski definition) is 0. The number of thiophene rings is 1. The van der Waals surface area contributed by atoms with E-state index in [0.29, 0.717) is 5.82 Å². The predicted molar refractivity (Wildman–Crippen MR) is 243 cm³/mol. The van der Waals surface area contributed by atoms with Crippen molar-refractivity contribution in [3.63, 3.8) is 0 Å². The highest BCUT2D eigenvalue weighted by Crippen LogP contribution is 2.41. The van der Waals surface area contributed by atoms with Crippen LogP contribution in [0.25, 0.3) is 109 Å². The van der Waals surface area contributed by atoms with Crippen molar-refractivity contribution in [1.82, 2.24) is 9.97 Å². The normalized spacial score (nSPS) is 11.5. The van der Waals surface area contributed by atoms with Gasteiger partial charge in [0.25, 0.3) is 0 Å². The summed E-state index contributed by atoms with van der Waals surface area (Å²) in [6, 6.07) is 74.0. The third kappa shape index (κ3) is 6.06. The molecule has 11 rings (SSSR count). The van der Waals surface area contributed by atoms with Crippen molar-refractivity contribution < 1.29 is 0 Å². The Bertz CT molecular complexity index is 3240. The molecule has 0 atom stereocenters. The maximum absolute atomic E-state index is 5.27. The Morgan fingerprint density at radius 3 is 1.70 bits per heavy atom. The van der Waals surface area contributed by atoms with Crippen LogP contribution in [0.4, 0.5) is 0 Å². The van der Waals surface area contributed by atoms with Crippen molar-refractivity contribution in [3.8, 4) is 66.6 Å². The van der Waals surface area contributed by atoms with Gasteiger partial charge in [0, 0.05) is 26.3 Å². The zero-order valence-corrected chi connectivity index (χ0v) is 31.7. The molecule has 0 bridgehead atoms. The van der Waals surface area contributed by atoms with Crippen LogP contribution in [0, 0.1) is 0 Å². The molecular weight excluding hydrogens is 709 g/mol. The number of aromatic nitrogens is 2. The summed E-state index contributed by atoms with van der Waals surface area (Å²) in [5.74, 6) is 0.697. The minimum absolute atomic E-state index is 0.697. The van der Waals surface area contributed by atoms with Gasteiger partial charge in [-0.15, -0.1) is 11.3 Å². The quantitative estimate of drug-likeness (QED) is 0.125. The summed E-state index contributed by atoms with van der Waals surface area (Å²) in [5, 5.41) is 8.77. The van der Waals surface area contributed by atoms with Gasteiger partial charge in [-0.25, -0.2) is 9.97 Å². The van der Waals surface area contributed by atoms with E-state index in [-0.39, 0.29) is 0 Å². The Labute approximate surface area is 335 Å². The molecule has 3 heteroatoms. The lowest BCUT2D eigenvalue weighted by molar-refractivity contribution is 1.18. The van der Waals surface area contributed by atoms with Gasteiger partial charge >= 0.3 is 0 Å². The van der Waals surface area contributed by atoms with E-state index in [0.717, 1.165) is 28.1 Å². The van der Waals surface area contributed by atoms with Gasteiger partial charge in [0.1, 0.15) is 0 Å². The van der Waals surface area contributed by atoms with Gasteiger partial charge < -0.3 is 0 Å². The van der Waals surface area contributed by atoms with Gasteiger partial charge in [-0.1, -0.05) is 176 Å². The van der Waals surface area contributed by atoms with Crippen molar-refractivity contribution in [2.45, 2.75) is 0 Å². The lowest BCUT2D eigenvalue weighted by Crippen LogP contribution is -1.96. The van der Waals surface area contributed by atoms with Gasteiger partial charge in [0.15, 0.2) is 5.82 Å². The predicted octanol–water partition coefficient (Wildman–Crippen LogP) is 15.2. The first-order valence-corrected chi connectivity index (χ1v) is 20.1. The second kappa shape index (κ2) is 13.8. The molecule has 11 aromatic rings. The molecule has 57 heavy (non-hydrogen) atoms. The minimum atomic E-state index is 0.697. The molecule has 2 nitrogen and oxygen atoms in total. The third-order valence-electron chi connectivity index (χ3n) is 11.1. The van der Waals surface area contributed by atoms with Gasteiger partial charge in [-0.3, -0.25) is 0 Å². The second-order valence-corrected chi connectivity index (χ2v) is 15.7. The number of benzene rings is 9. The molecule has 0 unspecified atom stereocenters. The molecule has 9 aromatic carbocycles. The highest BCUT2D eigenvalue weighted by atomic mass is 32.1. The second-order valence-electron chi connectivity index (χ2n) is 14.6. The Hall–Kier alpha value is -7.20. The van der Waals surface area contributed by atoms with Crippen molar-refractivity contribution >= 4 is 53.7 Å². The highest BCUT2D eigenvalue weighted by molar-refractivity contribution is 7.22. The van der Waals surface area contributed by atoms with Crippen molar-refractivity contribution in [1.29, 1.82) is 0 Å². The van der Waals surface area contributed by atoms with Crippen molar-refractivity contribution in [3.05, 3.63) is 206 Å². The van der Waals surface area contributed by atoms with Crippen LogP contribution < -0.4 is 0 Å². The lowest BCUT2D eigenvalue weighted by Gasteiger charge is -2.15. The molecule has 0 aliphatic carbocycles. The van der Waals surface area contributed by atoms with Crippen molar-refractivity contribution in [2.75, 3.05) is 0 Å². The summed E-state index contributed by atoms with van der Waals surface area (Å²) >= 11 is 1.82. The SMILES string of the molecule is c1ccc(-c2ccc(-c3cc(-c4cccc(-c5cc6ccccc6s5)c4)nc(-c4ccc(-c5c6ccccc6cc6c5ccc5ccccc56)cc4)n3)cc2)cc1. The molecule has 0 aliphatic heterocycles. The van der Waals surface area contributed by atoms with E-state index >= 15 is 0 Å². The van der Waals surface area contributed by atoms with E-state index in [2.05, 4.69) is 206 Å². The van der Waals surface area contributed by atoms with Crippen LogP contribution in [-0.4, -0.2) is 9.97 Å². The Balaban J connectivity index is 1.04.